The molecule has 0 aliphatic heterocycles. The third-order valence-corrected chi connectivity index (χ3v) is 26.2. The number of anilines is 6. The molecule has 28 aromatic rings. The summed E-state index contributed by atoms with van der Waals surface area (Å²) in [5.41, 5.74) is 30.6. The molecule has 0 saturated carbocycles. The zero-order chi connectivity index (χ0) is 75.0. The minimum atomic E-state index is 1.07. The molecule has 0 N–H and O–H groups in total. The van der Waals surface area contributed by atoms with Crippen LogP contribution in [0.1, 0.15) is 0 Å². The Morgan fingerprint density at radius 1 is 0.147 bits per heavy atom. The van der Waals surface area contributed by atoms with E-state index in [0.29, 0.717) is 0 Å². The lowest BCUT2D eigenvalue weighted by molar-refractivity contribution is 1.18. The van der Waals surface area contributed by atoms with Crippen molar-refractivity contribution in [2.24, 2.45) is 0 Å². The topological polar surface area (TPSA) is 34.0 Å². The van der Waals surface area contributed by atoms with Crippen molar-refractivity contribution in [2.45, 2.75) is 0 Å². The first kappa shape index (κ1) is 61.1. The van der Waals surface area contributed by atoms with Crippen LogP contribution in [-0.4, -0.2) is 26.7 Å². The summed E-state index contributed by atoms with van der Waals surface area (Å²) in [5.74, 6) is 0. The quantitative estimate of drug-likeness (QED) is 0.144. The summed E-state index contributed by atoms with van der Waals surface area (Å²) >= 11 is 0. The zero-order valence-corrected chi connectivity index (χ0v) is 62.4. The van der Waals surface area contributed by atoms with E-state index in [4.69, 9.17) is 0 Å². The van der Waals surface area contributed by atoms with Gasteiger partial charge in [0.2, 0.25) is 0 Å². The average Bonchev–Trinajstić information content (AvgIpc) is 1.50. The summed E-state index contributed by atoms with van der Waals surface area (Å²) < 4.78 is 15.3. The fourth-order valence-corrected chi connectivity index (χ4v) is 21.7. The molecule has 0 spiro atoms. The van der Waals surface area contributed by atoms with E-state index in [9.17, 15) is 0 Å². The second-order valence-corrected chi connectivity index (χ2v) is 31.8. The first-order valence-electron chi connectivity index (χ1n) is 40.2. The summed E-state index contributed by atoms with van der Waals surface area (Å²) in [6.07, 6.45) is 0. The molecular formula is C108H62N8. The Hall–Kier alpha value is -15.6. The highest BCUT2D eigenvalue weighted by atomic mass is 15.2. The summed E-state index contributed by atoms with van der Waals surface area (Å²) in [6.45, 7) is 0. The largest absolute Gasteiger partial charge is 0.310 e. The van der Waals surface area contributed by atoms with Gasteiger partial charge in [-0.05, 0) is 169 Å². The predicted octanol–water partition coefficient (Wildman–Crippen LogP) is 29.1. The number of benzene rings is 18. The van der Waals surface area contributed by atoms with Gasteiger partial charge in [-0.3, -0.25) is 0 Å². The van der Waals surface area contributed by atoms with Crippen molar-refractivity contribution in [3.63, 3.8) is 0 Å². The molecule has 0 amide bonds. The Kier molecular flexibility index (Phi) is 11.7. The minimum absolute atomic E-state index is 1.07. The van der Waals surface area contributed by atoms with E-state index in [-0.39, 0.29) is 0 Å². The molecule has 0 saturated heterocycles. The highest BCUT2D eigenvalue weighted by molar-refractivity contribution is 6.45. The molecule has 0 fully saturated rings. The normalized spacial score (nSPS) is 12.7. The van der Waals surface area contributed by atoms with Gasteiger partial charge in [0.25, 0.3) is 0 Å². The van der Waals surface area contributed by atoms with Crippen LogP contribution >= 0.6 is 0 Å². The molecule has 28 rings (SSSR count). The van der Waals surface area contributed by atoms with Gasteiger partial charge >= 0.3 is 0 Å². The summed E-state index contributed by atoms with van der Waals surface area (Å²) in [6, 6.07) is 141. The molecule has 0 unspecified atom stereocenters. The zero-order valence-electron chi connectivity index (χ0n) is 62.4. The van der Waals surface area contributed by atoms with Crippen molar-refractivity contribution < 1.29 is 0 Å². The molecule has 0 bridgehead atoms. The van der Waals surface area contributed by atoms with Gasteiger partial charge in [-0.25, -0.2) is 0 Å². The second kappa shape index (κ2) is 22.1. The Labute approximate surface area is 660 Å². The highest BCUT2D eigenvalue weighted by Crippen LogP contribution is 2.56. The molecule has 0 aliphatic rings. The van der Waals surface area contributed by atoms with E-state index >= 15 is 0 Å². The third kappa shape index (κ3) is 7.68. The molecule has 10 aromatic heterocycles. The number of fused-ring (bicyclic) bond motifs is 34. The van der Waals surface area contributed by atoms with E-state index in [1.54, 1.807) is 0 Å². The van der Waals surface area contributed by atoms with Crippen molar-refractivity contribution in [1.29, 1.82) is 0 Å². The van der Waals surface area contributed by atoms with Gasteiger partial charge in [-0.15, -0.1) is 0 Å². The Bertz CT molecular complexity index is 9030. The Balaban J connectivity index is 0.614. The molecular weight excluding hydrogens is 1410 g/mol. The summed E-state index contributed by atoms with van der Waals surface area (Å²) in [5, 5.41) is 25.3. The number of rotatable bonds is 9. The number of nitrogens with zero attached hydrogens (tertiary/aromatic N) is 8. The van der Waals surface area contributed by atoms with E-state index in [0.717, 1.165) is 56.6 Å². The summed E-state index contributed by atoms with van der Waals surface area (Å²) in [4.78, 5) is 4.82. The fraction of sp³-hybridized carbons (Fsp3) is 0. The van der Waals surface area contributed by atoms with Gasteiger partial charge in [0.1, 0.15) is 0 Å². The number of hydrogen-bond acceptors (Lipinski definition) is 2. The minimum Gasteiger partial charge on any atom is -0.310 e. The summed E-state index contributed by atoms with van der Waals surface area (Å²) in [7, 11) is 0. The lowest BCUT2D eigenvalue weighted by Gasteiger charge is -2.26. The van der Waals surface area contributed by atoms with Crippen LogP contribution in [0.3, 0.4) is 0 Å². The molecule has 534 valence electrons. The fourth-order valence-electron chi connectivity index (χ4n) is 21.7. The van der Waals surface area contributed by atoms with Crippen LogP contribution in [-0.2, 0) is 0 Å². The Morgan fingerprint density at radius 3 is 0.966 bits per heavy atom. The molecule has 0 aliphatic carbocycles. The molecule has 0 atom stereocenters. The molecule has 0 radical (unpaired) electrons. The van der Waals surface area contributed by atoms with Crippen molar-refractivity contribution in [1.82, 2.24) is 26.7 Å². The van der Waals surface area contributed by atoms with Crippen molar-refractivity contribution in [3.8, 4) is 22.5 Å². The SMILES string of the molecule is c1ccc(N(c2ccccc2)c2ccc3c4cc5c(c6cc7c(c8ccccc8n7-c7ccc(-c8cccc(N(c9ccccc9)c9ccc%10c%11cc%12c(c%13c%14ccccc%14n(c%10c9)c%11%13)c9c%10c%11ccccc%11n(-c%11ccccc%11)c%10cc%10c%11ccccc%11n%12c%109)c8)cc7)c7c8ccccc8n5c67)c5c6ccccc6n(c3c2)c45)cc1. The molecule has 10 heterocycles. The average molecular weight is 1470 g/mol. The van der Waals surface area contributed by atoms with Crippen LogP contribution in [0.5, 0.6) is 0 Å². The third-order valence-electron chi connectivity index (χ3n) is 26.2. The van der Waals surface area contributed by atoms with Gasteiger partial charge in [0, 0.05) is 153 Å². The molecule has 116 heavy (non-hydrogen) atoms. The second-order valence-electron chi connectivity index (χ2n) is 31.8. The molecule has 18 aromatic carbocycles. The maximum Gasteiger partial charge on any atom is 0.0628 e. The first-order valence-corrected chi connectivity index (χ1v) is 40.2. The van der Waals surface area contributed by atoms with E-state index in [2.05, 4.69) is 413 Å². The maximum absolute atomic E-state index is 2.60. The lowest BCUT2D eigenvalue weighted by Crippen LogP contribution is -2.10. The van der Waals surface area contributed by atoms with Crippen LogP contribution in [0.15, 0.2) is 376 Å². The van der Waals surface area contributed by atoms with Gasteiger partial charge in [0.05, 0.1) is 88.3 Å². The predicted molar refractivity (Wildman–Crippen MR) is 489 cm³/mol. The standard InChI is InChI=1S/C108H62N8/c1-5-27-65(28-6-1)109(66-29-7-2-8-30-66)71-52-54-74-82-60-95-99(101-78-39-16-22-45-88(78)113(105(82)101)91(74)57-71)84-62-94-97(100-79-40-17-24-47-90(79)116(95)108(84)100)76-37-14-20-43-86(76)112(94)69-50-48-63(49-51-69)64-26-25-35-70(56-64)110(67-31-9-3-10-32-67)72-53-55-75-83-61-96-103(102-80-41-18-23-46-89(80)114(106(83)102)92(75)58-72)104-98-77-38-15-21-44-87(77)111(68-33-11-4-12-34-68)93(98)59-81-73-36-13-19-42-85(73)115(96)107(81)104/h1-62H. The molecule has 8 nitrogen and oxygen atoms in total. The number of para-hydroxylation sites is 10. The van der Waals surface area contributed by atoms with Crippen LogP contribution < -0.4 is 9.80 Å². The first-order chi connectivity index (χ1) is 57.6. The number of aromatic nitrogens is 6. The van der Waals surface area contributed by atoms with Crippen molar-refractivity contribution >= 4 is 230 Å². The van der Waals surface area contributed by atoms with Gasteiger partial charge in [-0.1, -0.05) is 218 Å². The monoisotopic (exact) mass is 1470 g/mol. The van der Waals surface area contributed by atoms with Gasteiger partial charge in [0.15, 0.2) is 0 Å². The number of hydrogen-bond donors (Lipinski definition) is 0. The lowest BCUT2D eigenvalue weighted by atomic mass is 9.97. The molecule has 8 heteroatoms. The van der Waals surface area contributed by atoms with Crippen molar-refractivity contribution in [3.05, 3.63) is 376 Å². The van der Waals surface area contributed by atoms with Crippen LogP contribution in [0.2, 0.25) is 0 Å². The van der Waals surface area contributed by atoms with E-state index in [1.807, 2.05) is 0 Å². The Morgan fingerprint density at radius 2 is 0.466 bits per heavy atom. The van der Waals surface area contributed by atoms with E-state index < -0.39 is 0 Å². The van der Waals surface area contributed by atoms with Gasteiger partial charge < -0.3 is 36.5 Å². The van der Waals surface area contributed by atoms with Crippen LogP contribution in [0.4, 0.5) is 34.1 Å². The van der Waals surface area contributed by atoms with Crippen molar-refractivity contribution in [2.75, 3.05) is 9.80 Å². The van der Waals surface area contributed by atoms with E-state index in [1.165, 1.54) is 196 Å². The van der Waals surface area contributed by atoms with Gasteiger partial charge in [-0.2, -0.15) is 0 Å². The van der Waals surface area contributed by atoms with Crippen LogP contribution in [0.25, 0.3) is 218 Å². The smallest absolute Gasteiger partial charge is 0.0628 e. The highest BCUT2D eigenvalue weighted by Gasteiger charge is 2.33. The maximum atomic E-state index is 2.60. The van der Waals surface area contributed by atoms with Crippen LogP contribution in [0, 0.1) is 0 Å².